The van der Waals surface area contributed by atoms with Crippen LogP contribution in [0.15, 0.2) is 24.3 Å². The molecule has 152 valence electrons. The number of para-hydroxylation sites is 2. The van der Waals surface area contributed by atoms with Crippen molar-refractivity contribution in [1.82, 2.24) is 14.8 Å². The van der Waals surface area contributed by atoms with Gasteiger partial charge in [-0.25, -0.2) is 0 Å². The summed E-state index contributed by atoms with van der Waals surface area (Å²) < 4.78 is 13.3. The molecule has 1 N–H and O–H groups in total. The Morgan fingerprint density at radius 1 is 1.36 bits per heavy atom. The number of fused-ring (bicyclic) bond motifs is 1. The smallest absolute Gasteiger partial charge is 0.276 e. The average molecular weight is 387 g/mol. The number of carbonyl (C=O) groups is 1. The van der Waals surface area contributed by atoms with Crippen molar-refractivity contribution in [3.8, 4) is 5.75 Å². The minimum Gasteiger partial charge on any atom is -0.467 e. The van der Waals surface area contributed by atoms with Crippen molar-refractivity contribution in [3.63, 3.8) is 0 Å². The van der Waals surface area contributed by atoms with Gasteiger partial charge in [-0.15, -0.1) is 10.2 Å². The fraction of sp³-hybridized carbons (Fsp3) is 0.550. The van der Waals surface area contributed by atoms with Crippen LogP contribution < -0.4 is 15.0 Å². The van der Waals surface area contributed by atoms with Gasteiger partial charge in [0.25, 0.3) is 5.91 Å². The molecule has 0 spiro atoms. The van der Waals surface area contributed by atoms with Crippen LogP contribution in [0.4, 0.5) is 11.6 Å². The Morgan fingerprint density at radius 3 is 2.82 bits per heavy atom. The number of hydrogen-bond acceptors (Lipinski definition) is 6. The molecule has 1 aliphatic rings. The minimum atomic E-state index is -1.29. The molecule has 1 aliphatic heterocycles. The van der Waals surface area contributed by atoms with E-state index in [2.05, 4.69) is 34.3 Å². The van der Waals surface area contributed by atoms with Crippen LogP contribution in [-0.4, -0.2) is 48.0 Å². The lowest BCUT2D eigenvalue weighted by atomic mass is 10.0. The zero-order valence-corrected chi connectivity index (χ0v) is 17.2. The third-order valence-electron chi connectivity index (χ3n) is 5.18. The van der Waals surface area contributed by atoms with Gasteiger partial charge in [-0.05, 0) is 25.0 Å². The van der Waals surface area contributed by atoms with Crippen LogP contribution in [0.2, 0.25) is 0 Å². The van der Waals surface area contributed by atoms with Gasteiger partial charge in [0.15, 0.2) is 5.82 Å². The molecule has 2 heterocycles. The number of rotatable bonds is 8. The highest BCUT2D eigenvalue weighted by Gasteiger charge is 2.46. The molecular formula is C20H29N5O3. The number of benzene rings is 1. The first-order valence-electron chi connectivity index (χ1n) is 9.64. The summed E-state index contributed by atoms with van der Waals surface area (Å²) in [6.45, 7) is 7.93. The summed E-state index contributed by atoms with van der Waals surface area (Å²) in [6, 6.07) is 7.37. The number of carbonyl (C=O) groups excluding carboxylic acids is 1. The molecule has 0 saturated carbocycles. The van der Waals surface area contributed by atoms with Gasteiger partial charge in [0.05, 0.1) is 18.8 Å². The van der Waals surface area contributed by atoms with Crippen LogP contribution in [0.25, 0.3) is 0 Å². The molecule has 1 aromatic carbocycles. The molecule has 28 heavy (non-hydrogen) atoms. The van der Waals surface area contributed by atoms with Gasteiger partial charge < -0.3 is 19.7 Å². The van der Waals surface area contributed by atoms with Crippen molar-refractivity contribution >= 4 is 17.5 Å². The van der Waals surface area contributed by atoms with Crippen LogP contribution in [0.1, 0.15) is 33.0 Å². The second-order valence-corrected chi connectivity index (χ2v) is 7.45. The number of hydrogen-bond donors (Lipinski definition) is 1. The fourth-order valence-electron chi connectivity index (χ4n) is 3.31. The molecule has 2 atom stereocenters. The highest BCUT2D eigenvalue weighted by Crippen LogP contribution is 2.38. The Hall–Kier alpha value is -2.61. The van der Waals surface area contributed by atoms with Gasteiger partial charge in [-0.3, -0.25) is 9.36 Å². The predicted octanol–water partition coefficient (Wildman–Crippen LogP) is 2.65. The maximum atomic E-state index is 12.9. The number of nitrogens with zero attached hydrogens (tertiary/aromatic N) is 4. The summed E-state index contributed by atoms with van der Waals surface area (Å²) >= 11 is 0. The largest absolute Gasteiger partial charge is 0.467 e. The lowest BCUT2D eigenvalue weighted by Crippen LogP contribution is -2.48. The number of amides is 1. The normalized spacial score (nSPS) is 19.5. The van der Waals surface area contributed by atoms with E-state index < -0.39 is 5.60 Å². The summed E-state index contributed by atoms with van der Waals surface area (Å²) in [7, 11) is 3.64. The molecule has 8 heteroatoms. The Labute approximate surface area is 165 Å². The second-order valence-electron chi connectivity index (χ2n) is 7.45. The second kappa shape index (κ2) is 8.18. The summed E-state index contributed by atoms with van der Waals surface area (Å²) in [5.41, 5.74) is -0.632. The van der Waals surface area contributed by atoms with Gasteiger partial charge in [0.2, 0.25) is 11.5 Å². The molecule has 1 aromatic heterocycles. The SMILES string of the molecule is CCC(C)CN(C)c1nnc(C2(C)Oc3ccccc3NC2=O)n1CCOC. The molecule has 2 aromatic rings. The van der Waals surface area contributed by atoms with Gasteiger partial charge in [0.1, 0.15) is 5.75 Å². The maximum Gasteiger partial charge on any atom is 0.276 e. The van der Waals surface area contributed by atoms with Crippen LogP contribution >= 0.6 is 0 Å². The zero-order valence-electron chi connectivity index (χ0n) is 17.2. The highest BCUT2D eigenvalue weighted by molar-refractivity contribution is 6.00. The summed E-state index contributed by atoms with van der Waals surface area (Å²) in [5, 5.41) is 11.7. The van der Waals surface area contributed by atoms with E-state index in [-0.39, 0.29) is 5.91 Å². The standard InChI is InChI=1S/C20H29N5O3/c1-6-14(2)13-24(4)19-23-22-17(25(19)11-12-27-5)20(3)18(26)21-15-9-7-8-10-16(15)28-20/h7-10,14H,6,11-13H2,1-5H3,(H,21,26). The quantitative estimate of drug-likeness (QED) is 0.750. The Balaban J connectivity index is 2.00. The van der Waals surface area contributed by atoms with Gasteiger partial charge in [0, 0.05) is 20.7 Å². The Morgan fingerprint density at radius 2 is 2.11 bits per heavy atom. The van der Waals surface area contributed by atoms with Crippen molar-refractivity contribution in [3.05, 3.63) is 30.1 Å². The Bertz CT molecular complexity index is 837. The van der Waals surface area contributed by atoms with Gasteiger partial charge in [-0.1, -0.05) is 32.4 Å². The highest BCUT2D eigenvalue weighted by atomic mass is 16.5. The third-order valence-corrected chi connectivity index (χ3v) is 5.18. The summed E-state index contributed by atoms with van der Waals surface area (Å²) in [5.74, 6) is 2.01. The van der Waals surface area contributed by atoms with E-state index in [9.17, 15) is 4.79 Å². The number of aromatic nitrogens is 3. The van der Waals surface area contributed by atoms with Gasteiger partial charge in [-0.2, -0.15) is 0 Å². The first-order chi connectivity index (χ1) is 13.4. The number of anilines is 2. The van der Waals surface area contributed by atoms with E-state index in [1.165, 1.54) is 0 Å². The summed E-state index contributed by atoms with van der Waals surface area (Å²) in [4.78, 5) is 15.0. The van der Waals surface area contributed by atoms with E-state index in [1.54, 1.807) is 14.0 Å². The van der Waals surface area contributed by atoms with Crippen molar-refractivity contribution < 1.29 is 14.3 Å². The van der Waals surface area contributed by atoms with Crippen molar-refractivity contribution in [2.75, 3.05) is 37.5 Å². The molecule has 0 radical (unpaired) electrons. The van der Waals surface area contributed by atoms with Crippen LogP contribution in [0, 0.1) is 5.92 Å². The minimum absolute atomic E-state index is 0.270. The zero-order chi connectivity index (χ0) is 20.3. The first kappa shape index (κ1) is 20.1. The number of nitrogens with one attached hydrogen (secondary N) is 1. The molecule has 8 nitrogen and oxygen atoms in total. The number of ether oxygens (including phenoxy) is 2. The molecule has 2 unspecified atom stereocenters. The van der Waals surface area contributed by atoms with Gasteiger partial charge >= 0.3 is 0 Å². The molecule has 0 saturated heterocycles. The summed E-state index contributed by atoms with van der Waals surface area (Å²) in [6.07, 6.45) is 1.07. The average Bonchev–Trinajstić information content (AvgIpc) is 3.11. The molecule has 1 amide bonds. The predicted molar refractivity (Wildman–Crippen MR) is 108 cm³/mol. The lowest BCUT2D eigenvalue weighted by Gasteiger charge is -2.34. The van der Waals surface area contributed by atoms with E-state index in [4.69, 9.17) is 9.47 Å². The monoisotopic (exact) mass is 387 g/mol. The molecule has 0 aliphatic carbocycles. The topological polar surface area (TPSA) is 81.5 Å². The Kier molecular flexibility index (Phi) is 5.88. The van der Waals surface area contributed by atoms with E-state index in [0.717, 1.165) is 13.0 Å². The van der Waals surface area contributed by atoms with E-state index >= 15 is 0 Å². The number of methoxy groups -OCH3 is 1. The first-order valence-corrected chi connectivity index (χ1v) is 9.64. The van der Waals surface area contributed by atoms with Crippen LogP contribution in [0.3, 0.4) is 0 Å². The van der Waals surface area contributed by atoms with Crippen molar-refractivity contribution in [2.24, 2.45) is 5.92 Å². The molecule has 0 fully saturated rings. The van der Waals surface area contributed by atoms with E-state index in [1.807, 2.05) is 35.9 Å². The molecular weight excluding hydrogens is 358 g/mol. The molecule has 3 rings (SSSR count). The lowest BCUT2D eigenvalue weighted by molar-refractivity contribution is -0.132. The van der Waals surface area contributed by atoms with Crippen LogP contribution in [0.5, 0.6) is 5.75 Å². The fourth-order valence-corrected chi connectivity index (χ4v) is 3.31. The molecule has 0 bridgehead atoms. The van der Waals surface area contributed by atoms with Crippen LogP contribution in [-0.2, 0) is 21.7 Å². The van der Waals surface area contributed by atoms with Crippen molar-refractivity contribution in [1.29, 1.82) is 0 Å². The van der Waals surface area contributed by atoms with E-state index in [0.29, 0.717) is 42.3 Å². The third kappa shape index (κ3) is 3.69. The van der Waals surface area contributed by atoms with Crippen molar-refractivity contribution in [2.45, 2.75) is 39.3 Å². The maximum absolute atomic E-state index is 12.9.